The van der Waals surface area contributed by atoms with Gasteiger partial charge < -0.3 is 5.32 Å². The number of fused-ring (bicyclic) bond motifs is 1. The Morgan fingerprint density at radius 2 is 2.28 bits per heavy atom. The summed E-state index contributed by atoms with van der Waals surface area (Å²) >= 11 is 5.93. The van der Waals surface area contributed by atoms with Crippen LogP contribution < -0.4 is 5.32 Å². The highest BCUT2D eigenvalue weighted by Crippen LogP contribution is 2.38. The lowest BCUT2D eigenvalue weighted by Gasteiger charge is -2.27. The molecule has 96 valence electrons. The second kappa shape index (κ2) is 4.12. The van der Waals surface area contributed by atoms with Crippen LogP contribution in [0.1, 0.15) is 33.1 Å². The molecule has 1 saturated carbocycles. The molecule has 0 saturated heterocycles. The minimum Gasteiger partial charge on any atom is -0.350 e. The van der Waals surface area contributed by atoms with Crippen molar-refractivity contribution >= 4 is 23.2 Å². The molecular weight excluding hydrogens is 248 g/mol. The molecule has 0 aliphatic heterocycles. The van der Waals surface area contributed by atoms with Crippen molar-refractivity contribution in [3.8, 4) is 0 Å². The average Bonchev–Trinajstić information content (AvgIpc) is 2.82. The summed E-state index contributed by atoms with van der Waals surface area (Å²) in [5.41, 5.74) is 1.13. The lowest BCUT2D eigenvalue weighted by molar-refractivity contribution is 0.349. The van der Waals surface area contributed by atoms with E-state index in [0.717, 1.165) is 5.65 Å². The summed E-state index contributed by atoms with van der Waals surface area (Å²) < 4.78 is 1.71. The van der Waals surface area contributed by atoms with Gasteiger partial charge in [0, 0.05) is 12.2 Å². The maximum atomic E-state index is 5.93. The van der Waals surface area contributed by atoms with E-state index in [2.05, 4.69) is 29.2 Å². The molecule has 3 rings (SSSR count). The molecule has 0 radical (unpaired) electrons. The molecule has 0 aromatic carbocycles. The van der Waals surface area contributed by atoms with Crippen LogP contribution in [0.5, 0.6) is 0 Å². The van der Waals surface area contributed by atoms with Crippen molar-refractivity contribution in [1.82, 2.24) is 14.6 Å². The van der Waals surface area contributed by atoms with Gasteiger partial charge in [0.15, 0.2) is 5.65 Å². The fourth-order valence-electron chi connectivity index (χ4n) is 2.67. The van der Waals surface area contributed by atoms with Crippen molar-refractivity contribution in [2.45, 2.75) is 39.2 Å². The van der Waals surface area contributed by atoms with Gasteiger partial charge in [-0.05, 0) is 30.4 Å². The van der Waals surface area contributed by atoms with Gasteiger partial charge >= 0.3 is 0 Å². The Morgan fingerprint density at radius 1 is 1.44 bits per heavy atom. The van der Waals surface area contributed by atoms with E-state index in [0.29, 0.717) is 22.4 Å². The normalized spacial score (nSPS) is 22.5. The number of rotatable bonds is 2. The molecule has 1 unspecified atom stereocenters. The van der Waals surface area contributed by atoms with E-state index in [1.54, 1.807) is 10.7 Å². The summed E-state index contributed by atoms with van der Waals surface area (Å²) in [7, 11) is 0. The second-order valence-corrected chi connectivity index (χ2v) is 6.10. The zero-order valence-corrected chi connectivity index (χ0v) is 11.4. The lowest BCUT2D eigenvalue weighted by Crippen LogP contribution is -2.31. The van der Waals surface area contributed by atoms with Crippen molar-refractivity contribution in [2.75, 3.05) is 5.32 Å². The van der Waals surface area contributed by atoms with E-state index in [-0.39, 0.29) is 0 Å². The zero-order chi connectivity index (χ0) is 12.8. The first-order valence-electron chi connectivity index (χ1n) is 6.33. The van der Waals surface area contributed by atoms with E-state index < -0.39 is 0 Å². The number of anilines is 1. The highest BCUT2D eigenvalue weighted by Gasteiger charge is 2.34. The summed E-state index contributed by atoms with van der Waals surface area (Å²) in [6, 6.07) is 4.15. The number of nitrogens with one attached hydrogen (secondary N) is 1. The SMILES string of the molecule is CC1(C)CCCC1Nc1nc2ccc(Cl)cn2n1. The molecule has 0 bridgehead atoms. The van der Waals surface area contributed by atoms with Gasteiger partial charge in [-0.3, -0.25) is 0 Å². The van der Waals surface area contributed by atoms with Gasteiger partial charge in [-0.1, -0.05) is 31.9 Å². The van der Waals surface area contributed by atoms with Crippen molar-refractivity contribution in [3.63, 3.8) is 0 Å². The molecule has 0 amide bonds. The van der Waals surface area contributed by atoms with Crippen LogP contribution in [0.15, 0.2) is 18.3 Å². The average molecular weight is 265 g/mol. The Morgan fingerprint density at radius 3 is 3.00 bits per heavy atom. The topological polar surface area (TPSA) is 42.2 Å². The lowest BCUT2D eigenvalue weighted by atomic mass is 9.87. The zero-order valence-electron chi connectivity index (χ0n) is 10.7. The molecule has 1 atom stereocenters. The summed E-state index contributed by atoms with van der Waals surface area (Å²) in [5, 5.41) is 8.53. The standard InChI is InChI=1S/C13H17ClN4/c1-13(2)7-3-4-10(13)15-12-16-11-6-5-9(14)8-18(11)17-12/h5-6,8,10H,3-4,7H2,1-2H3,(H,15,17). The van der Waals surface area contributed by atoms with Crippen LogP contribution in [0.2, 0.25) is 5.02 Å². The predicted octanol–water partition coefficient (Wildman–Crippen LogP) is 3.37. The van der Waals surface area contributed by atoms with Gasteiger partial charge in [-0.25, -0.2) is 4.52 Å². The van der Waals surface area contributed by atoms with E-state index in [1.807, 2.05) is 12.1 Å². The Hall–Kier alpha value is -1.29. The first-order chi connectivity index (χ1) is 8.54. The summed E-state index contributed by atoms with van der Waals surface area (Å²) in [6.45, 7) is 4.59. The Bertz CT molecular complexity index is 575. The summed E-state index contributed by atoms with van der Waals surface area (Å²) in [6.07, 6.45) is 5.48. The molecule has 1 N–H and O–H groups in total. The first kappa shape index (κ1) is 11.8. The molecule has 2 heterocycles. The number of hydrogen-bond donors (Lipinski definition) is 1. The molecule has 5 heteroatoms. The van der Waals surface area contributed by atoms with Gasteiger partial charge in [-0.15, -0.1) is 5.10 Å². The maximum absolute atomic E-state index is 5.93. The van der Waals surface area contributed by atoms with E-state index in [1.165, 1.54) is 19.3 Å². The van der Waals surface area contributed by atoms with Crippen molar-refractivity contribution in [3.05, 3.63) is 23.4 Å². The van der Waals surface area contributed by atoms with Crippen LogP contribution in [-0.2, 0) is 0 Å². The monoisotopic (exact) mass is 264 g/mol. The highest BCUT2D eigenvalue weighted by molar-refractivity contribution is 6.30. The number of aromatic nitrogens is 3. The summed E-state index contributed by atoms with van der Waals surface area (Å²) in [4.78, 5) is 4.46. The van der Waals surface area contributed by atoms with Crippen LogP contribution in [0, 0.1) is 5.41 Å². The number of halogens is 1. The van der Waals surface area contributed by atoms with Gasteiger partial charge in [0.05, 0.1) is 5.02 Å². The smallest absolute Gasteiger partial charge is 0.243 e. The van der Waals surface area contributed by atoms with E-state index >= 15 is 0 Å². The molecular formula is C13H17ClN4. The van der Waals surface area contributed by atoms with Crippen LogP contribution in [-0.4, -0.2) is 20.6 Å². The molecule has 4 nitrogen and oxygen atoms in total. The van der Waals surface area contributed by atoms with Gasteiger partial charge in [0.1, 0.15) is 0 Å². The molecule has 1 fully saturated rings. The predicted molar refractivity (Wildman–Crippen MR) is 73.0 cm³/mol. The fourth-order valence-corrected chi connectivity index (χ4v) is 2.82. The largest absolute Gasteiger partial charge is 0.350 e. The van der Waals surface area contributed by atoms with Crippen LogP contribution in [0.3, 0.4) is 0 Å². The molecule has 2 aromatic rings. The molecule has 2 aromatic heterocycles. The number of pyridine rings is 1. The number of nitrogens with zero attached hydrogens (tertiary/aromatic N) is 3. The third-order valence-electron chi connectivity index (χ3n) is 3.86. The minimum atomic E-state index is 0.315. The third-order valence-corrected chi connectivity index (χ3v) is 4.08. The molecule has 1 aliphatic rings. The minimum absolute atomic E-state index is 0.315. The Kier molecular flexibility index (Phi) is 2.70. The Labute approximate surface area is 111 Å². The van der Waals surface area contributed by atoms with Crippen LogP contribution in [0.25, 0.3) is 5.65 Å². The van der Waals surface area contributed by atoms with E-state index in [9.17, 15) is 0 Å². The van der Waals surface area contributed by atoms with Crippen molar-refractivity contribution in [2.24, 2.45) is 5.41 Å². The van der Waals surface area contributed by atoms with Gasteiger partial charge in [-0.2, -0.15) is 4.98 Å². The van der Waals surface area contributed by atoms with Gasteiger partial charge in [0.25, 0.3) is 0 Å². The maximum Gasteiger partial charge on any atom is 0.243 e. The Balaban J connectivity index is 1.87. The van der Waals surface area contributed by atoms with Crippen molar-refractivity contribution < 1.29 is 0 Å². The first-order valence-corrected chi connectivity index (χ1v) is 6.71. The molecule has 0 spiro atoms. The van der Waals surface area contributed by atoms with Crippen LogP contribution >= 0.6 is 11.6 Å². The highest BCUT2D eigenvalue weighted by atomic mass is 35.5. The van der Waals surface area contributed by atoms with E-state index in [4.69, 9.17) is 11.6 Å². The quantitative estimate of drug-likeness (QED) is 0.904. The second-order valence-electron chi connectivity index (χ2n) is 5.66. The van der Waals surface area contributed by atoms with Gasteiger partial charge in [0.2, 0.25) is 5.95 Å². The third kappa shape index (κ3) is 2.05. The summed E-state index contributed by atoms with van der Waals surface area (Å²) in [5.74, 6) is 0.692. The fraction of sp³-hybridized carbons (Fsp3) is 0.538. The van der Waals surface area contributed by atoms with Crippen LogP contribution in [0.4, 0.5) is 5.95 Å². The molecule has 18 heavy (non-hydrogen) atoms. The number of hydrogen-bond acceptors (Lipinski definition) is 3. The van der Waals surface area contributed by atoms with Crippen molar-refractivity contribution in [1.29, 1.82) is 0 Å². The molecule has 1 aliphatic carbocycles.